The van der Waals surface area contributed by atoms with Crippen molar-refractivity contribution in [2.75, 3.05) is 51.6 Å². The molecule has 0 spiro atoms. The third-order valence-corrected chi connectivity index (χ3v) is 7.97. The minimum absolute atomic E-state index is 0.0555. The van der Waals surface area contributed by atoms with Crippen molar-refractivity contribution in [2.45, 2.75) is 31.5 Å². The molecule has 7 rings (SSSR count). The van der Waals surface area contributed by atoms with Gasteiger partial charge in [-0.15, -0.1) is 5.10 Å². The fourth-order valence-corrected chi connectivity index (χ4v) is 5.95. The van der Waals surface area contributed by atoms with Crippen molar-refractivity contribution in [1.82, 2.24) is 30.1 Å². The van der Waals surface area contributed by atoms with Gasteiger partial charge in [-0.25, -0.2) is 4.68 Å². The Bertz CT molecular complexity index is 1570. The van der Waals surface area contributed by atoms with Crippen LogP contribution in [0.15, 0.2) is 47.3 Å². The molecule has 4 aromatic rings. The second-order valence-corrected chi connectivity index (χ2v) is 10.3. The van der Waals surface area contributed by atoms with E-state index in [0.29, 0.717) is 48.0 Å². The number of ether oxygens (including phenoxy) is 4. The molecule has 0 aliphatic carbocycles. The maximum absolute atomic E-state index is 13.7. The van der Waals surface area contributed by atoms with Crippen LogP contribution in [0, 0.1) is 0 Å². The van der Waals surface area contributed by atoms with E-state index in [9.17, 15) is 4.79 Å². The first-order valence-corrected chi connectivity index (χ1v) is 13.6. The Hall–Kier alpha value is -4.16. The SMILES string of the molecule is COc1ccccc1N1CCN([C@@H](c2cc3cc4c(cc3[nH]c2=O)OCO4)c2nnnn2C[C@H]2CCCO2)CC1. The van der Waals surface area contributed by atoms with Crippen LogP contribution in [0.2, 0.25) is 0 Å². The number of nitrogens with one attached hydrogen (secondary N) is 1. The van der Waals surface area contributed by atoms with E-state index in [-0.39, 0.29) is 18.5 Å². The molecule has 5 heterocycles. The summed E-state index contributed by atoms with van der Waals surface area (Å²) in [5.41, 5.74) is 2.15. The zero-order valence-electron chi connectivity index (χ0n) is 22.3. The summed E-state index contributed by atoms with van der Waals surface area (Å²) in [7, 11) is 1.69. The zero-order valence-corrected chi connectivity index (χ0v) is 22.3. The lowest BCUT2D eigenvalue weighted by Crippen LogP contribution is -2.49. The highest BCUT2D eigenvalue weighted by Crippen LogP contribution is 2.37. The molecular formula is C28H31N7O5. The number of fused-ring (bicyclic) bond motifs is 2. The Morgan fingerprint density at radius 2 is 1.93 bits per heavy atom. The molecule has 3 aliphatic rings. The molecule has 0 unspecified atom stereocenters. The maximum Gasteiger partial charge on any atom is 0.253 e. The molecule has 0 saturated carbocycles. The van der Waals surface area contributed by atoms with Crippen LogP contribution in [0.3, 0.4) is 0 Å². The Labute approximate surface area is 230 Å². The van der Waals surface area contributed by atoms with Crippen LogP contribution in [0.5, 0.6) is 17.2 Å². The Morgan fingerprint density at radius 3 is 2.73 bits per heavy atom. The highest BCUT2D eigenvalue weighted by atomic mass is 16.7. The van der Waals surface area contributed by atoms with E-state index in [4.69, 9.17) is 18.9 Å². The average Bonchev–Trinajstić information content (AvgIpc) is 3.76. The molecule has 2 atom stereocenters. The van der Waals surface area contributed by atoms with Crippen molar-refractivity contribution in [1.29, 1.82) is 0 Å². The molecule has 12 nitrogen and oxygen atoms in total. The molecule has 1 N–H and O–H groups in total. The number of para-hydroxylation sites is 2. The molecule has 2 fully saturated rings. The Morgan fingerprint density at radius 1 is 1.10 bits per heavy atom. The van der Waals surface area contributed by atoms with Crippen LogP contribution < -0.4 is 24.7 Å². The summed E-state index contributed by atoms with van der Waals surface area (Å²) < 4.78 is 24.4. The summed E-state index contributed by atoms with van der Waals surface area (Å²) in [6.45, 7) is 4.38. The highest BCUT2D eigenvalue weighted by molar-refractivity contribution is 5.83. The molecule has 0 amide bonds. The Balaban J connectivity index is 1.26. The third-order valence-electron chi connectivity index (χ3n) is 7.97. The second kappa shape index (κ2) is 10.4. The second-order valence-electron chi connectivity index (χ2n) is 10.3. The van der Waals surface area contributed by atoms with Gasteiger partial charge in [-0.3, -0.25) is 9.69 Å². The molecule has 0 radical (unpaired) electrons. The van der Waals surface area contributed by atoms with Crippen molar-refractivity contribution in [3.63, 3.8) is 0 Å². The van der Waals surface area contributed by atoms with Gasteiger partial charge in [0.1, 0.15) is 11.8 Å². The number of nitrogens with zero attached hydrogens (tertiary/aromatic N) is 6. The fraction of sp³-hybridized carbons (Fsp3) is 0.429. The van der Waals surface area contributed by atoms with E-state index >= 15 is 0 Å². The number of hydrogen-bond donors (Lipinski definition) is 1. The van der Waals surface area contributed by atoms with Crippen LogP contribution in [0.1, 0.15) is 30.3 Å². The monoisotopic (exact) mass is 545 g/mol. The lowest BCUT2D eigenvalue weighted by molar-refractivity contribution is 0.0906. The van der Waals surface area contributed by atoms with Gasteiger partial charge in [0.2, 0.25) is 6.79 Å². The molecule has 2 saturated heterocycles. The number of benzene rings is 2. The summed E-state index contributed by atoms with van der Waals surface area (Å²) in [5, 5.41) is 13.7. The fourth-order valence-electron chi connectivity index (χ4n) is 5.95. The largest absolute Gasteiger partial charge is 0.495 e. The number of piperazine rings is 1. The topological polar surface area (TPSA) is 120 Å². The first kappa shape index (κ1) is 24.9. The highest BCUT2D eigenvalue weighted by Gasteiger charge is 2.34. The Kier molecular flexibility index (Phi) is 6.48. The minimum Gasteiger partial charge on any atom is -0.495 e. The zero-order chi connectivity index (χ0) is 27.1. The number of aromatic amines is 1. The van der Waals surface area contributed by atoms with E-state index in [1.54, 1.807) is 11.8 Å². The quantitative estimate of drug-likeness (QED) is 0.371. The number of tetrazole rings is 1. The molecular weight excluding hydrogens is 514 g/mol. The summed E-state index contributed by atoms with van der Waals surface area (Å²) in [4.78, 5) is 21.3. The predicted octanol–water partition coefficient (Wildman–Crippen LogP) is 2.34. The summed E-state index contributed by atoms with van der Waals surface area (Å²) >= 11 is 0. The lowest BCUT2D eigenvalue weighted by atomic mass is 10.0. The smallest absolute Gasteiger partial charge is 0.253 e. The van der Waals surface area contributed by atoms with Gasteiger partial charge in [0.05, 0.1) is 31.0 Å². The standard InChI is InChI=1S/C28H31N7O5/c1-37-23-7-3-2-6-22(23)33-8-10-34(11-9-33)26(27-30-31-32-35(27)16-19-5-4-12-38-19)20-13-18-14-24-25(40-17-39-24)15-21(18)29-28(20)36/h2-3,6-7,13-15,19,26H,4-5,8-12,16-17H2,1H3,(H,29,36)/t19-,26+/m1/s1. The first-order valence-electron chi connectivity index (χ1n) is 13.6. The molecule has 40 heavy (non-hydrogen) atoms. The number of anilines is 1. The first-order chi connectivity index (χ1) is 19.7. The van der Waals surface area contributed by atoms with Crippen LogP contribution in [0.25, 0.3) is 10.9 Å². The number of pyridine rings is 1. The van der Waals surface area contributed by atoms with Crippen molar-refractivity contribution in [3.05, 3.63) is 64.2 Å². The number of methoxy groups -OCH3 is 1. The maximum atomic E-state index is 13.7. The van der Waals surface area contributed by atoms with E-state index in [1.165, 1.54) is 0 Å². The van der Waals surface area contributed by atoms with Gasteiger partial charge in [0.15, 0.2) is 17.3 Å². The number of hydrogen-bond acceptors (Lipinski definition) is 10. The predicted molar refractivity (Wildman–Crippen MR) is 146 cm³/mol. The van der Waals surface area contributed by atoms with Crippen molar-refractivity contribution < 1.29 is 18.9 Å². The molecule has 3 aliphatic heterocycles. The molecule has 0 bridgehead atoms. The number of H-pyrrole nitrogens is 1. The van der Waals surface area contributed by atoms with Gasteiger partial charge in [-0.1, -0.05) is 12.1 Å². The van der Waals surface area contributed by atoms with Crippen LogP contribution >= 0.6 is 0 Å². The van der Waals surface area contributed by atoms with E-state index in [0.717, 1.165) is 49.4 Å². The summed E-state index contributed by atoms with van der Waals surface area (Å²) in [5.74, 6) is 2.76. The average molecular weight is 546 g/mol. The van der Waals surface area contributed by atoms with Crippen molar-refractivity contribution in [2.24, 2.45) is 0 Å². The van der Waals surface area contributed by atoms with Crippen LogP contribution in [0.4, 0.5) is 5.69 Å². The molecule has 12 heteroatoms. The van der Waals surface area contributed by atoms with Crippen LogP contribution in [-0.2, 0) is 11.3 Å². The summed E-state index contributed by atoms with van der Waals surface area (Å²) in [6.07, 6.45) is 2.04. The summed E-state index contributed by atoms with van der Waals surface area (Å²) in [6, 6.07) is 13.2. The molecule has 208 valence electrons. The van der Waals surface area contributed by atoms with Crippen molar-refractivity contribution in [3.8, 4) is 17.2 Å². The normalized spacial score (nSPS) is 19.8. The number of aromatic nitrogens is 5. The van der Waals surface area contributed by atoms with Gasteiger partial charge in [0, 0.05) is 49.8 Å². The lowest BCUT2D eigenvalue weighted by Gasteiger charge is -2.40. The minimum atomic E-state index is -0.449. The molecule has 2 aromatic heterocycles. The van der Waals surface area contributed by atoms with Gasteiger partial charge in [-0.2, -0.15) is 0 Å². The van der Waals surface area contributed by atoms with E-state index in [2.05, 4.69) is 36.4 Å². The van der Waals surface area contributed by atoms with Gasteiger partial charge >= 0.3 is 0 Å². The van der Waals surface area contributed by atoms with Gasteiger partial charge in [-0.05, 0) is 47.5 Å². The number of rotatable bonds is 7. The van der Waals surface area contributed by atoms with Gasteiger partial charge in [0.25, 0.3) is 5.56 Å². The van der Waals surface area contributed by atoms with Gasteiger partial charge < -0.3 is 28.8 Å². The van der Waals surface area contributed by atoms with E-state index < -0.39 is 6.04 Å². The molecule has 2 aromatic carbocycles. The van der Waals surface area contributed by atoms with E-state index in [1.807, 2.05) is 36.4 Å². The third kappa shape index (κ3) is 4.52. The van der Waals surface area contributed by atoms with Crippen LogP contribution in [-0.4, -0.2) is 82.9 Å². The van der Waals surface area contributed by atoms with Crippen molar-refractivity contribution >= 4 is 16.6 Å².